The van der Waals surface area contributed by atoms with E-state index in [1.165, 1.54) is 38.5 Å². The van der Waals surface area contributed by atoms with Gasteiger partial charge in [0.05, 0.1) is 0 Å². The molecule has 31 heavy (non-hydrogen) atoms. The molecule has 162 valence electrons. The van der Waals surface area contributed by atoms with Crippen molar-refractivity contribution in [2.75, 3.05) is 0 Å². The molecule has 2 aromatic carbocycles. The van der Waals surface area contributed by atoms with Gasteiger partial charge >= 0.3 is 5.97 Å². The summed E-state index contributed by atoms with van der Waals surface area (Å²) in [7, 11) is 0. The summed E-state index contributed by atoms with van der Waals surface area (Å²) in [6.45, 7) is 1.83. The number of phenols is 1. The molecule has 0 spiro atoms. The number of carboxylic acid groups (broad SMARTS) is 1. The summed E-state index contributed by atoms with van der Waals surface area (Å²) in [5, 5.41) is 20.8. The fraction of sp³-hybridized carbons (Fsp3) is 0.444. The lowest BCUT2D eigenvalue weighted by Gasteiger charge is -2.57. The van der Waals surface area contributed by atoms with Crippen LogP contribution in [0.3, 0.4) is 0 Å². The summed E-state index contributed by atoms with van der Waals surface area (Å²) in [5.74, 6) is 1.93. The minimum absolute atomic E-state index is 0.114. The zero-order valence-electron chi connectivity index (χ0n) is 17.9. The average Bonchev–Trinajstić information content (AvgIpc) is 2.72. The monoisotopic (exact) mass is 436 g/mol. The van der Waals surface area contributed by atoms with E-state index in [1.807, 2.05) is 37.3 Å². The van der Waals surface area contributed by atoms with E-state index in [0.29, 0.717) is 28.3 Å². The van der Waals surface area contributed by atoms with Gasteiger partial charge in [-0.25, -0.2) is 4.79 Å². The number of phenolic OH excluding ortho intramolecular Hbond substituents is 1. The van der Waals surface area contributed by atoms with Crippen LogP contribution in [0.2, 0.25) is 5.02 Å². The fourth-order valence-electron chi connectivity index (χ4n) is 6.92. The smallest absolute Gasteiger partial charge is 0.331 e. The largest absolute Gasteiger partial charge is 0.508 e. The van der Waals surface area contributed by atoms with Crippen molar-refractivity contribution >= 4 is 23.6 Å². The number of hydrogen-bond donors (Lipinski definition) is 2. The van der Waals surface area contributed by atoms with E-state index in [-0.39, 0.29) is 5.41 Å². The Bertz CT molecular complexity index is 1030. The Kier molecular flexibility index (Phi) is 5.13. The molecule has 4 bridgehead atoms. The number of benzene rings is 2. The molecule has 2 N–H and O–H groups in total. The highest BCUT2D eigenvalue weighted by atomic mass is 35.5. The Balaban J connectivity index is 1.54. The number of aromatic hydroxyl groups is 1. The van der Waals surface area contributed by atoms with Crippen molar-refractivity contribution < 1.29 is 15.0 Å². The first-order valence-electron chi connectivity index (χ1n) is 11.4. The Hall–Kier alpha value is -2.26. The van der Waals surface area contributed by atoms with Crippen molar-refractivity contribution in [2.24, 2.45) is 17.8 Å². The third kappa shape index (κ3) is 3.67. The molecule has 6 rings (SSSR count). The van der Waals surface area contributed by atoms with Gasteiger partial charge in [0.25, 0.3) is 0 Å². The van der Waals surface area contributed by atoms with E-state index in [2.05, 4.69) is 6.07 Å². The van der Waals surface area contributed by atoms with Gasteiger partial charge in [0, 0.05) is 16.2 Å². The highest BCUT2D eigenvalue weighted by Gasteiger charge is 2.52. The summed E-state index contributed by atoms with van der Waals surface area (Å²) >= 11 is 6.38. The van der Waals surface area contributed by atoms with Crippen molar-refractivity contribution in [3.8, 4) is 16.9 Å². The van der Waals surface area contributed by atoms with Gasteiger partial charge in [0.2, 0.25) is 0 Å². The van der Waals surface area contributed by atoms with E-state index in [4.69, 9.17) is 11.6 Å². The number of carboxylic acids is 1. The maximum absolute atomic E-state index is 11.4. The first kappa shape index (κ1) is 20.6. The van der Waals surface area contributed by atoms with Gasteiger partial charge in [-0.1, -0.05) is 30.7 Å². The standard InChI is InChI=1S/C27H29ClO3/c1-2-19(26(30)31)10-22-11-20(3-5-24(22)28)21-4-6-25(29)23(12-21)27-13-16-7-17(14-27)9-18(8-16)15-27/h3-6,10-12,16-18,29H,2,7-9,13-15H2,1H3,(H,30,31). The molecule has 0 atom stereocenters. The zero-order chi connectivity index (χ0) is 21.8. The molecule has 3 nitrogen and oxygen atoms in total. The molecule has 4 aliphatic carbocycles. The maximum atomic E-state index is 11.4. The van der Waals surface area contributed by atoms with Gasteiger partial charge in [-0.3, -0.25) is 0 Å². The quantitative estimate of drug-likeness (QED) is 0.493. The van der Waals surface area contributed by atoms with E-state index in [0.717, 1.165) is 34.4 Å². The SMILES string of the molecule is CCC(=Cc1cc(-c2ccc(O)c(C34CC5CC(CC(C5)C3)C4)c2)ccc1Cl)C(=O)O. The summed E-state index contributed by atoms with van der Waals surface area (Å²) < 4.78 is 0. The van der Waals surface area contributed by atoms with Gasteiger partial charge in [-0.2, -0.15) is 0 Å². The predicted octanol–water partition coefficient (Wildman–Crippen LogP) is 7.06. The van der Waals surface area contributed by atoms with E-state index in [1.54, 1.807) is 6.08 Å². The number of hydrogen-bond acceptors (Lipinski definition) is 2. The van der Waals surface area contributed by atoms with Gasteiger partial charge in [-0.05, 0) is 115 Å². The number of aliphatic carboxylic acids is 1. The number of halogens is 1. The summed E-state index contributed by atoms with van der Waals surface area (Å²) in [6, 6.07) is 11.7. The normalized spacial score (nSPS) is 29.4. The second-order valence-corrected chi connectivity index (χ2v) is 10.4. The lowest BCUT2D eigenvalue weighted by atomic mass is 9.48. The molecule has 2 aromatic rings. The van der Waals surface area contributed by atoms with Crippen LogP contribution in [0.15, 0.2) is 42.0 Å². The van der Waals surface area contributed by atoms with Crippen molar-refractivity contribution in [1.82, 2.24) is 0 Å². The molecule has 0 aromatic heterocycles. The van der Waals surface area contributed by atoms with E-state index in [9.17, 15) is 15.0 Å². The van der Waals surface area contributed by atoms with Crippen LogP contribution < -0.4 is 0 Å². The summed E-state index contributed by atoms with van der Waals surface area (Å²) in [5.41, 5.74) is 4.30. The molecule has 4 heteroatoms. The molecule has 4 aliphatic rings. The van der Waals surface area contributed by atoms with E-state index >= 15 is 0 Å². The molecule has 0 radical (unpaired) electrons. The van der Waals surface area contributed by atoms with Crippen molar-refractivity contribution in [1.29, 1.82) is 0 Å². The number of rotatable bonds is 5. The van der Waals surface area contributed by atoms with Crippen LogP contribution >= 0.6 is 11.6 Å². The highest BCUT2D eigenvalue weighted by molar-refractivity contribution is 6.32. The predicted molar refractivity (Wildman–Crippen MR) is 124 cm³/mol. The Morgan fingerprint density at radius 2 is 1.61 bits per heavy atom. The van der Waals surface area contributed by atoms with Crippen LogP contribution in [-0.2, 0) is 10.2 Å². The van der Waals surface area contributed by atoms with Crippen molar-refractivity contribution in [3.05, 3.63) is 58.1 Å². The second-order valence-electron chi connectivity index (χ2n) is 9.99. The van der Waals surface area contributed by atoms with E-state index < -0.39 is 5.97 Å². The van der Waals surface area contributed by atoms with Gasteiger partial charge in [0.1, 0.15) is 5.75 Å². The maximum Gasteiger partial charge on any atom is 0.331 e. The second kappa shape index (κ2) is 7.70. The van der Waals surface area contributed by atoms with Crippen LogP contribution in [0, 0.1) is 17.8 Å². The third-order valence-electron chi connectivity index (χ3n) is 7.92. The van der Waals surface area contributed by atoms with Crippen LogP contribution in [0.4, 0.5) is 0 Å². The minimum atomic E-state index is -0.919. The molecule has 4 saturated carbocycles. The van der Waals surface area contributed by atoms with Crippen LogP contribution in [-0.4, -0.2) is 16.2 Å². The molecule has 0 aliphatic heterocycles. The Morgan fingerprint density at radius 3 is 2.19 bits per heavy atom. The van der Waals surface area contributed by atoms with Crippen molar-refractivity contribution in [3.63, 3.8) is 0 Å². The lowest BCUT2D eigenvalue weighted by molar-refractivity contribution is -0.132. The fourth-order valence-corrected chi connectivity index (χ4v) is 7.09. The lowest BCUT2D eigenvalue weighted by Crippen LogP contribution is -2.48. The number of carbonyl (C=O) groups is 1. The molecular weight excluding hydrogens is 408 g/mol. The molecule has 0 heterocycles. The molecule has 0 saturated heterocycles. The van der Waals surface area contributed by atoms with Crippen molar-refractivity contribution in [2.45, 2.75) is 57.3 Å². The van der Waals surface area contributed by atoms with Gasteiger partial charge in [0.15, 0.2) is 0 Å². The summed E-state index contributed by atoms with van der Waals surface area (Å²) in [6.07, 6.45) is 9.80. The summed E-state index contributed by atoms with van der Waals surface area (Å²) in [4.78, 5) is 11.4. The first-order chi connectivity index (χ1) is 14.9. The van der Waals surface area contributed by atoms with Crippen LogP contribution in [0.5, 0.6) is 5.75 Å². The zero-order valence-corrected chi connectivity index (χ0v) is 18.7. The molecule has 0 amide bonds. The minimum Gasteiger partial charge on any atom is -0.508 e. The van der Waals surface area contributed by atoms with Gasteiger partial charge in [-0.15, -0.1) is 0 Å². The topological polar surface area (TPSA) is 57.5 Å². The van der Waals surface area contributed by atoms with Crippen LogP contribution in [0.1, 0.15) is 63.0 Å². The molecule has 4 fully saturated rings. The molecular formula is C27H29ClO3. The molecule has 0 unspecified atom stereocenters. The third-order valence-corrected chi connectivity index (χ3v) is 8.27. The average molecular weight is 437 g/mol. The first-order valence-corrected chi connectivity index (χ1v) is 11.8. The highest BCUT2D eigenvalue weighted by Crippen LogP contribution is 2.62. The van der Waals surface area contributed by atoms with Crippen LogP contribution in [0.25, 0.3) is 17.2 Å². The Labute approximate surface area is 188 Å². The van der Waals surface area contributed by atoms with Gasteiger partial charge < -0.3 is 10.2 Å². The Morgan fingerprint density at radius 1 is 1.03 bits per heavy atom.